The van der Waals surface area contributed by atoms with Crippen LogP contribution in [-0.2, 0) is 11.2 Å². The molecular formula is C28H23ClNOP. The van der Waals surface area contributed by atoms with Crippen molar-refractivity contribution in [2.24, 2.45) is 4.99 Å². The van der Waals surface area contributed by atoms with Crippen LogP contribution in [0.15, 0.2) is 114 Å². The molecule has 4 aromatic rings. The van der Waals surface area contributed by atoms with Crippen LogP contribution < -0.4 is 15.9 Å². The minimum absolute atomic E-state index is 0.0937. The predicted octanol–water partition coefficient (Wildman–Crippen LogP) is 5.49. The zero-order valence-electron chi connectivity index (χ0n) is 17.6. The Balaban J connectivity index is 1.57. The Labute approximate surface area is 195 Å². The fourth-order valence-corrected chi connectivity index (χ4v) is 6.83. The maximum Gasteiger partial charge on any atom is 0.218 e. The molecule has 4 heteroatoms. The normalized spacial score (nSPS) is 15.4. The van der Waals surface area contributed by atoms with Crippen LogP contribution in [0.4, 0.5) is 0 Å². The van der Waals surface area contributed by atoms with Crippen molar-refractivity contribution in [2.45, 2.75) is 12.5 Å². The predicted molar refractivity (Wildman–Crippen MR) is 137 cm³/mol. The van der Waals surface area contributed by atoms with Crippen molar-refractivity contribution in [3.8, 4) is 0 Å². The lowest BCUT2D eigenvalue weighted by molar-refractivity contribution is 0.317. The molecule has 0 aromatic heterocycles. The molecule has 0 amide bonds. The lowest BCUT2D eigenvalue weighted by Gasteiger charge is -2.22. The van der Waals surface area contributed by atoms with Crippen molar-refractivity contribution in [3.63, 3.8) is 0 Å². The number of rotatable bonds is 6. The lowest BCUT2D eigenvalue weighted by Crippen LogP contribution is -2.26. The van der Waals surface area contributed by atoms with Gasteiger partial charge in [0.15, 0.2) is 0 Å². The highest BCUT2D eigenvalue weighted by atomic mass is 35.5. The smallest absolute Gasteiger partial charge is 0.218 e. The summed E-state index contributed by atoms with van der Waals surface area (Å²) in [6.45, 7) is 0.573. The van der Waals surface area contributed by atoms with Crippen LogP contribution in [0.1, 0.15) is 11.1 Å². The third-order valence-corrected chi connectivity index (χ3v) is 8.30. The number of ether oxygens (including phenoxy) is 1. The molecule has 0 saturated heterocycles. The van der Waals surface area contributed by atoms with Gasteiger partial charge in [0.25, 0.3) is 0 Å². The number of halogens is 1. The van der Waals surface area contributed by atoms with Crippen molar-refractivity contribution >= 4 is 41.3 Å². The average molecular weight is 456 g/mol. The van der Waals surface area contributed by atoms with Crippen LogP contribution in [0.2, 0.25) is 5.02 Å². The largest absolute Gasteiger partial charge is 0.475 e. The number of aliphatic imine (C=N–C) groups is 1. The monoisotopic (exact) mass is 455 g/mol. The first-order valence-corrected chi connectivity index (χ1v) is 12.5. The van der Waals surface area contributed by atoms with Crippen LogP contribution >= 0.6 is 19.5 Å². The molecule has 1 unspecified atom stereocenters. The van der Waals surface area contributed by atoms with Crippen molar-refractivity contribution in [1.29, 1.82) is 0 Å². The van der Waals surface area contributed by atoms with Gasteiger partial charge in [-0.05, 0) is 41.9 Å². The second-order valence-electron chi connectivity index (χ2n) is 7.73. The van der Waals surface area contributed by atoms with E-state index in [1.54, 1.807) is 0 Å². The van der Waals surface area contributed by atoms with Crippen LogP contribution in [0, 0.1) is 0 Å². The van der Waals surface area contributed by atoms with E-state index in [1.165, 1.54) is 21.5 Å². The van der Waals surface area contributed by atoms with Gasteiger partial charge in [0.1, 0.15) is 6.61 Å². The Morgan fingerprint density at radius 2 is 1.34 bits per heavy atom. The molecule has 2 nitrogen and oxygen atoms in total. The number of nitrogens with zero attached hydrogens (tertiary/aromatic N) is 1. The summed E-state index contributed by atoms with van der Waals surface area (Å²) in [4.78, 5) is 4.97. The van der Waals surface area contributed by atoms with E-state index in [-0.39, 0.29) is 6.04 Å². The Hall–Kier alpha value is -2.93. The fourth-order valence-electron chi connectivity index (χ4n) is 4.04. The molecule has 1 heterocycles. The average Bonchev–Trinajstić information content (AvgIpc) is 3.29. The van der Waals surface area contributed by atoms with E-state index in [0.717, 1.165) is 12.0 Å². The molecule has 0 aliphatic carbocycles. The van der Waals surface area contributed by atoms with Gasteiger partial charge in [0.05, 0.1) is 16.6 Å². The van der Waals surface area contributed by atoms with Gasteiger partial charge in [0.2, 0.25) is 5.90 Å². The molecular weight excluding hydrogens is 433 g/mol. The summed E-state index contributed by atoms with van der Waals surface area (Å²) >= 11 is 6.79. The highest BCUT2D eigenvalue weighted by Gasteiger charge is 2.28. The lowest BCUT2D eigenvalue weighted by atomic mass is 10.1. The van der Waals surface area contributed by atoms with E-state index in [9.17, 15) is 0 Å². The molecule has 1 aliphatic heterocycles. The molecule has 0 N–H and O–H groups in total. The SMILES string of the molecule is Clc1cccc(P(c2ccccc2)c2ccccc2)c1C1=NC(Cc2ccccc2)CO1. The zero-order chi connectivity index (χ0) is 21.8. The van der Waals surface area contributed by atoms with Crippen LogP contribution in [0.25, 0.3) is 0 Å². The standard InChI is InChI=1S/C28H23ClNOP/c29-25-17-10-18-26(32(23-13-6-2-7-14-23)24-15-8-3-9-16-24)27(25)28-30-22(20-31-28)19-21-11-4-1-5-12-21/h1-18,22H,19-20H2. The topological polar surface area (TPSA) is 21.6 Å². The Bertz CT molecular complexity index is 1170. The number of hydrogen-bond acceptors (Lipinski definition) is 2. The van der Waals surface area contributed by atoms with Crippen LogP contribution in [0.5, 0.6) is 0 Å². The Kier molecular flexibility index (Phi) is 6.34. The van der Waals surface area contributed by atoms with Gasteiger partial charge in [-0.2, -0.15) is 0 Å². The first-order chi connectivity index (χ1) is 15.8. The zero-order valence-corrected chi connectivity index (χ0v) is 19.2. The molecule has 32 heavy (non-hydrogen) atoms. The van der Waals surface area contributed by atoms with Crippen LogP contribution in [0.3, 0.4) is 0 Å². The summed E-state index contributed by atoms with van der Waals surface area (Å²) in [6.07, 6.45) is 0.857. The summed E-state index contributed by atoms with van der Waals surface area (Å²) in [7, 11) is -0.807. The van der Waals surface area contributed by atoms with E-state index in [1.807, 2.05) is 18.2 Å². The summed E-state index contributed by atoms with van der Waals surface area (Å²) in [5.41, 5.74) is 2.19. The van der Waals surface area contributed by atoms with E-state index >= 15 is 0 Å². The third-order valence-electron chi connectivity index (χ3n) is 5.50. The fraction of sp³-hybridized carbons (Fsp3) is 0.107. The molecule has 0 fully saturated rings. The molecule has 0 bridgehead atoms. The first kappa shape index (κ1) is 20.9. The minimum Gasteiger partial charge on any atom is -0.475 e. The van der Waals surface area contributed by atoms with Gasteiger partial charge in [-0.15, -0.1) is 0 Å². The van der Waals surface area contributed by atoms with E-state index in [0.29, 0.717) is 17.5 Å². The van der Waals surface area contributed by atoms with E-state index in [2.05, 4.69) is 91.0 Å². The van der Waals surface area contributed by atoms with Gasteiger partial charge in [0, 0.05) is 0 Å². The van der Waals surface area contributed by atoms with Crippen molar-refractivity contribution in [3.05, 3.63) is 125 Å². The number of benzene rings is 4. The second kappa shape index (κ2) is 9.69. The van der Waals surface area contributed by atoms with Crippen molar-refractivity contribution < 1.29 is 4.74 Å². The molecule has 0 spiro atoms. The van der Waals surface area contributed by atoms with E-state index < -0.39 is 7.92 Å². The Morgan fingerprint density at radius 3 is 1.97 bits per heavy atom. The van der Waals surface area contributed by atoms with Crippen molar-refractivity contribution in [1.82, 2.24) is 0 Å². The molecule has 158 valence electrons. The first-order valence-electron chi connectivity index (χ1n) is 10.7. The van der Waals surface area contributed by atoms with Gasteiger partial charge in [-0.3, -0.25) is 0 Å². The highest BCUT2D eigenvalue weighted by Crippen LogP contribution is 2.36. The maximum atomic E-state index is 6.79. The van der Waals surface area contributed by atoms with Gasteiger partial charge in [-0.1, -0.05) is 115 Å². The summed E-state index contributed by atoms with van der Waals surface area (Å²) in [6, 6.07) is 37.9. The minimum atomic E-state index is -0.807. The third kappa shape index (κ3) is 4.48. The molecule has 4 aromatic carbocycles. The van der Waals surface area contributed by atoms with Gasteiger partial charge >= 0.3 is 0 Å². The second-order valence-corrected chi connectivity index (χ2v) is 10.3. The van der Waals surface area contributed by atoms with Gasteiger partial charge in [-0.25, -0.2) is 4.99 Å². The summed E-state index contributed by atoms with van der Waals surface area (Å²) in [5.74, 6) is 0.658. The molecule has 5 rings (SSSR count). The molecule has 1 atom stereocenters. The highest BCUT2D eigenvalue weighted by molar-refractivity contribution is 7.80. The summed E-state index contributed by atoms with van der Waals surface area (Å²) in [5, 5.41) is 4.40. The molecule has 0 radical (unpaired) electrons. The quantitative estimate of drug-likeness (QED) is 0.352. The number of hydrogen-bond donors (Lipinski definition) is 0. The van der Waals surface area contributed by atoms with Gasteiger partial charge < -0.3 is 4.74 Å². The van der Waals surface area contributed by atoms with Crippen LogP contribution in [-0.4, -0.2) is 18.5 Å². The molecule has 1 aliphatic rings. The maximum absolute atomic E-state index is 6.79. The molecule has 0 saturated carbocycles. The Morgan fingerprint density at radius 1 is 0.750 bits per heavy atom. The van der Waals surface area contributed by atoms with Crippen molar-refractivity contribution in [2.75, 3.05) is 6.61 Å². The summed E-state index contributed by atoms with van der Waals surface area (Å²) < 4.78 is 6.14. The van der Waals surface area contributed by atoms with E-state index in [4.69, 9.17) is 21.3 Å².